The van der Waals surface area contributed by atoms with Crippen molar-refractivity contribution >= 4 is 29.2 Å². The van der Waals surface area contributed by atoms with Crippen LogP contribution in [0.15, 0.2) is 46.3 Å². The van der Waals surface area contributed by atoms with Crippen molar-refractivity contribution in [1.82, 2.24) is 10.1 Å². The molecule has 3 aromatic rings. The Labute approximate surface area is 139 Å². The molecule has 0 saturated carbocycles. The molecule has 1 aliphatic rings. The number of thiophene rings is 1. The Morgan fingerprint density at radius 1 is 1.04 bits per heavy atom. The number of aromatic nitrogens is 2. The highest BCUT2D eigenvalue weighted by Gasteiger charge is 2.13. The Morgan fingerprint density at radius 3 is 2.61 bits per heavy atom. The normalized spacial score (nSPS) is 14.9. The van der Waals surface area contributed by atoms with E-state index in [4.69, 9.17) is 4.52 Å². The number of benzene rings is 1. The van der Waals surface area contributed by atoms with Crippen molar-refractivity contribution in [2.24, 2.45) is 0 Å². The predicted octanol–water partition coefficient (Wildman–Crippen LogP) is 4.57. The van der Waals surface area contributed by atoms with Gasteiger partial charge in [-0.1, -0.05) is 11.2 Å². The standard InChI is InChI=1S/C18H17N3OS/c1-2-12-21(11-1)15-7-5-14(6-8-15)18-19-17(22-20-18)10-9-16-4-3-13-23-16/h3-10,13H,1-2,11-12H2/b10-9+. The van der Waals surface area contributed by atoms with Gasteiger partial charge in [-0.25, -0.2) is 0 Å². The maximum Gasteiger partial charge on any atom is 0.250 e. The van der Waals surface area contributed by atoms with Crippen LogP contribution in [0.5, 0.6) is 0 Å². The molecule has 2 aromatic heterocycles. The molecule has 0 N–H and O–H groups in total. The molecule has 5 heteroatoms. The minimum Gasteiger partial charge on any atom is -0.372 e. The molecule has 4 nitrogen and oxygen atoms in total. The molecule has 1 aliphatic heterocycles. The molecule has 0 unspecified atom stereocenters. The first-order chi connectivity index (χ1) is 11.4. The van der Waals surface area contributed by atoms with Gasteiger partial charge in [-0.15, -0.1) is 11.3 Å². The van der Waals surface area contributed by atoms with E-state index in [1.165, 1.54) is 23.4 Å². The van der Waals surface area contributed by atoms with Crippen molar-refractivity contribution in [3.8, 4) is 11.4 Å². The van der Waals surface area contributed by atoms with Gasteiger partial charge in [-0.05, 0) is 54.6 Å². The highest BCUT2D eigenvalue weighted by molar-refractivity contribution is 7.10. The zero-order valence-corrected chi connectivity index (χ0v) is 13.5. The number of hydrogen-bond donors (Lipinski definition) is 0. The molecular formula is C18H17N3OS. The maximum atomic E-state index is 5.29. The van der Waals surface area contributed by atoms with E-state index >= 15 is 0 Å². The molecule has 1 fully saturated rings. The Hall–Kier alpha value is -2.40. The van der Waals surface area contributed by atoms with Crippen molar-refractivity contribution in [2.45, 2.75) is 12.8 Å². The average Bonchev–Trinajstić information content (AvgIpc) is 3.35. The van der Waals surface area contributed by atoms with Crippen LogP contribution in [0.25, 0.3) is 23.5 Å². The maximum absolute atomic E-state index is 5.29. The summed E-state index contributed by atoms with van der Waals surface area (Å²) in [6.45, 7) is 2.30. The van der Waals surface area contributed by atoms with Crippen molar-refractivity contribution in [1.29, 1.82) is 0 Å². The van der Waals surface area contributed by atoms with Crippen LogP contribution in [-0.2, 0) is 0 Å². The Morgan fingerprint density at radius 2 is 1.87 bits per heavy atom. The van der Waals surface area contributed by atoms with E-state index in [-0.39, 0.29) is 0 Å². The van der Waals surface area contributed by atoms with Crippen LogP contribution in [-0.4, -0.2) is 23.2 Å². The van der Waals surface area contributed by atoms with Crippen molar-refractivity contribution in [3.63, 3.8) is 0 Å². The molecule has 4 rings (SSSR count). The lowest BCUT2D eigenvalue weighted by molar-refractivity contribution is 0.411. The Balaban J connectivity index is 1.49. The predicted molar refractivity (Wildman–Crippen MR) is 94.4 cm³/mol. The van der Waals surface area contributed by atoms with Crippen LogP contribution in [0.2, 0.25) is 0 Å². The molecule has 1 saturated heterocycles. The molecule has 23 heavy (non-hydrogen) atoms. The first-order valence-electron chi connectivity index (χ1n) is 7.79. The van der Waals surface area contributed by atoms with Crippen molar-refractivity contribution in [3.05, 3.63) is 52.5 Å². The van der Waals surface area contributed by atoms with Gasteiger partial charge in [0.05, 0.1) is 0 Å². The second-order valence-corrected chi connectivity index (χ2v) is 6.53. The van der Waals surface area contributed by atoms with Gasteiger partial charge in [-0.3, -0.25) is 0 Å². The second kappa shape index (κ2) is 6.38. The summed E-state index contributed by atoms with van der Waals surface area (Å²) in [5, 5.41) is 6.11. The van der Waals surface area contributed by atoms with Gasteiger partial charge < -0.3 is 9.42 Å². The summed E-state index contributed by atoms with van der Waals surface area (Å²) in [4.78, 5) is 8.01. The quantitative estimate of drug-likeness (QED) is 0.705. The number of rotatable bonds is 4. The van der Waals surface area contributed by atoms with E-state index in [9.17, 15) is 0 Å². The summed E-state index contributed by atoms with van der Waals surface area (Å²) in [7, 11) is 0. The summed E-state index contributed by atoms with van der Waals surface area (Å²) in [5.74, 6) is 1.15. The van der Waals surface area contributed by atoms with E-state index < -0.39 is 0 Å². The van der Waals surface area contributed by atoms with Gasteiger partial charge in [0.25, 0.3) is 5.89 Å². The molecule has 0 amide bonds. The van der Waals surface area contributed by atoms with Crippen LogP contribution in [0.3, 0.4) is 0 Å². The summed E-state index contributed by atoms with van der Waals surface area (Å²) in [6.07, 6.45) is 6.40. The smallest absolute Gasteiger partial charge is 0.250 e. The monoisotopic (exact) mass is 323 g/mol. The lowest BCUT2D eigenvalue weighted by Crippen LogP contribution is -2.17. The molecular weight excluding hydrogens is 306 g/mol. The fraction of sp³-hybridized carbons (Fsp3) is 0.222. The lowest BCUT2D eigenvalue weighted by Gasteiger charge is -2.17. The van der Waals surface area contributed by atoms with Gasteiger partial charge in [-0.2, -0.15) is 4.98 Å². The van der Waals surface area contributed by atoms with Crippen LogP contribution < -0.4 is 4.90 Å². The van der Waals surface area contributed by atoms with Gasteiger partial charge in [0.15, 0.2) is 0 Å². The summed E-state index contributed by atoms with van der Waals surface area (Å²) in [5.41, 5.74) is 2.25. The topological polar surface area (TPSA) is 42.2 Å². The highest BCUT2D eigenvalue weighted by atomic mass is 32.1. The SMILES string of the molecule is C(=C\c1cccs1)/c1nc(-c2ccc(N3CCCC3)cc2)no1. The Bertz CT molecular complexity index is 784. The lowest BCUT2D eigenvalue weighted by atomic mass is 10.2. The summed E-state index contributed by atoms with van der Waals surface area (Å²) < 4.78 is 5.29. The first kappa shape index (κ1) is 14.2. The van der Waals surface area contributed by atoms with E-state index in [1.54, 1.807) is 11.3 Å². The number of nitrogens with zero attached hydrogens (tertiary/aromatic N) is 3. The molecule has 0 bridgehead atoms. The summed E-state index contributed by atoms with van der Waals surface area (Å²) >= 11 is 1.68. The third-order valence-electron chi connectivity index (χ3n) is 3.97. The fourth-order valence-corrected chi connectivity index (χ4v) is 3.37. The first-order valence-corrected chi connectivity index (χ1v) is 8.67. The largest absolute Gasteiger partial charge is 0.372 e. The average molecular weight is 323 g/mol. The van der Waals surface area contributed by atoms with Gasteiger partial charge in [0.2, 0.25) is 5.82 Å². The fourth-order valence-electron chi connectivity index (χ4n) is 2.76. The zero-order chi connectivity index (χ0) is 15.5. The van der Waals surface area contributed by atoms with Crippen LogP contribution >= 0.6 is 11.3 Å². The molecule has 116 valence electrons. The van der Waals surface area contributed by atoms with E-state index in [0.29, 0.717) is 11.7 Å². The number of hydrogen-bond acceptors (Lipinski definition) is 5. The molecule has 0 radical (unpaired) electrons. The Kier molecular flexibility index (Phi) is 3.94. The number of anilines is 1. The van der Waals surface area contributed by atoms with Crippen molar-refractivity contribution < 1.29 is 4.52 Å². The molecule has 1 aromatic carbocycles. The van der Waals surface area contributed by atoms with Gasteiger partial charge in [0, 0.05) is 35.3 Å². The highest BCUT2D eigenvalue weighted by Crippen LogP contribution is 2.24. The third kappa shape index (κ3) is 3.19. The molecule has 3 heterocycles. The second-order valence-electron chi connectivity index (χ2n) is 5.55. The molecule has 0 atom stereocenters. The van der Waals surface area contributed by atoms with E-state index in [1.807, 2.05) is 23.6 Å². The van der Waals surface area contributed by atoms with Gasteiger partial charge in [0.1, 0.15) is 0 Å². The molecule has 0 spiro atoms. The third-order valence-corrected chi connectivity index (χ3v) is 4.81. The van der Waals surface area contributed by atoms with Crippen LogP contribution in [0, 0.1) is 0 Å². The molecule has 0 aliphatic carbocycles. The zero-order valence-electron chi connectivity index (χ0n) is 12.7. The van der Waals surface area contributed by atoms with Gasteiger partial charge >= 0.3 is 0 Å². The van der Waals surface area contributed by atoms with E-state index in [2.05, 4.69) is 45.4 Å². The summed E-state index contributed by atoms with van der Waals surface area (Å²) in [6, 6.07) is 12.5. The van der Waals surface area contributed by atoms with Crippen LogP contribution in [0.4, 0.5) is 5.69 Å². The van der Waals surface area contributed by atoms with E-state index in [0.717, 1.165) is 18.7 Å². The van der Waals surface area contributed by atoms with Crippen LogP contribution in [0.1, 0.15) is 23.6 Å². The van der Waals surface area contributed by atoms with Crippen molar-refractivity contribution in [2.75, 3.05) is 18.0 Å². The minimum atomic E-state index is 0.525. The minimum absolute atomic E-state index is 0.525.